The van der Waals surface area contributed by atoms with Gasteiger partial charge in [0.05, 0.1) is 12.1 Å². The van der Waals surface area contributed by atoms with Gasteiger partial charge in [0.2, 0.25) is 5.91 Å². The lowest BCUT2D eigenvalue weighted by molar-refractivity contribution is -0.129. The Kier molecular flexibility index (Phi) is 3.92. The molecule has 0 bridgehead atoms. The first-order chi connectivity index (χ1) is 10.6. The minimum atomic E-state index is 0.0740. The number of pyridine rings is 1. The molecule has 4 heteroatoms. The summed E-state index contributed by atoms with van der Waals surface area (Å²) in [4.78, 5) is 18.7. The van der Waals surface area contributed by atoms with Crippen LogP contribution in [0.3, 0.4) is 0 Å². The van der Waals surface area contributed by atoms with E-state index in [1.54, 1.807) is 4.90 Å². The molecular weight excluding hydrogens is 274 g/mol. The number of aromatic nitrogens is 2. The van der Waals surface area contributed by atoms with Crippen molar-refractivity contribution >= 4 is 11.6 Å². The molecule has 0 saturated carbocycles. The number of fused-ring (bicyclic) bond motifs is 1. The van der Waals surface area contributed by atoms with Crippen molar-refractivity contribution in [2.45, 2.75) is 19.9 Å². The zero-order chi connectivity index (χ0) is 15.5. The Morgan fingerprint density at radius 2 is 1.95 bits per heavy atom. The first-order valence-corrected chi connectivity index (χ1v) is 7.34. The van der Waals surface area contributed by atoms with Crippen LogP contribution in [0.5, 0.6) is 0 Å². The fourth-order valence-electron chi connectivity index (χ4n) is 2.52. The molecule has 4 nitrogen and oxygen atoms in total. The SMILES string of the molecule is Cc1cccn2cc(CC(=O)N(C)Cc3ccccc3)nc12. The molecule has 0 fully saturated rings. The second kappa shape index (κ2) is 6.02. The van der Waals surface area contributed by atoms with E-state index in [0.717, 1.165) is 22.5 Å². The van der Waals surface area contributed by atoms with Crippen molar-refractivity contribution in [2.24, 2.45) is 0 Å². The zero-order valence-corrected chi connectivity index (χ0v) is 12.9. The predicted molar refractivity (Wildman–Crippen MR) is 86.5 cm³/mol. The maximum Gasteiger partial charge on any atom is 0.228 e. The van der Waals surface area contributed by atoms with Crippen molar-refractivity contribution in [3.63, 3.8) is 0 Å². The van der Waals surface area contributed by atoms with Gasteiger partial charge in [-0.15, -0.1) is 0 Å². The standard InChI is InChI=1S/C18H19N3O/c1-14-7-6-10-21-13-16(19-18(14)21)11-17(22)20(2)12-15-8-4-3-5-9-15/h3-10,13H,11-12H2,1-2H3. The monoisotopic (exact) mass is 293 g/mol. The molecule has 3 aromatic rings. The van der Waals surface area contributed by atoms with Crippen molar-refractivity contribution in [1.29, 1.82) is 0 Å². The first-order valence-electron chi connectivity index (χ1n) is 7.34. The van der Waals surface area contributed by atoms with Gasteiger partial charge in [0.1, 0.15) is 5.65 Å². The molecule has 2 aromatic heterocycles. The van der Waals surface area contributed by atoms with E-state index in [4.69, 9.17) is 0 Å². The van der Waals surface area contributed by atoms with Gasteiger partial charge in [-0.05, 0) is 24.1 Å². The van der Waals surface area contributed by atoms with Crippen LogP contribution in [0.2, 0.25) is 0 Å². The zero-order valence-electron chi connectivity index (χ0n) is 12.9. The van der Waals surface area contributed by atoms with Crippen LogP contribution in [0.1, 0.15) is 16.8 Å². The molecule has 0 saturated heterocycles. The quantitative estimate of drug-likeness (QED) is 0.742. The third-order valence-corrected chi connectivity index (χ3v) is 3.75. The van der Waals surface area contributed by atoms with E-state index >= 15 is 0 Å². The van der Waals surface area contributed by atoms with Crippen LogP contribution in [0.15, 0.2) is 54.9 Å². The van der Waals surface area contributed by atoms with Crippen LogP contribution in [0, 0.1) is 6.92 Å². The smallest absolute Gasteiger partial charge is 0.228 e. The fourth-order valence-corrected chi connectivity index (χ4v) is 2.52. The van der Waals surface area contributed by atoms with Crippen molar-refractivity contribution in [1.82, 2.24) is 14.3 Å². The number of hydrogen-bond acceptors (Lipinski definition) is 2. The molecule has 0 aliphatic heterocycles. The fraction of sp³-hybridized carbons (Fsp3) is 0.222. The number of rotatable bonds is 4. The molecule has 0 aliphatic carbocycles. The van der Waals surface area contributed by atoms with Gasteiger partial charge < -0.3 is 9.30 Å². The number of aryl methyl sites for hydroxylation is 1. The molecule has 0 spiro atoms. The summed E-state index contributed by atoms with van der Waals surface area (Å²) in [6.45, 7) is 2.64. The summed E-state index contributed by atoms with van der Waals surface area (Å²) in [5, 5.41) is 0. The summed E-state index contributed by atoms with van der Waals surface area (Å²) in [7, 11) is 1.83. The van der Waals surface area contributed by atoms with Crippen molar-refractivity contribution in [3.8, 4) is 0 Å². The van der Waals surface area contributed by atoms with Gasteiger partial charge in [0.15, 0.2) is 0 Å². The van der Waals surface area contributed by atoms with E-state index in [2.05, 4.69) is 4.98 Å². The molecule has 3 rings (SSSR count). The Labute approximate surface area is 130 Å². The normalized spacial score (nSPS) is 10.8. The highest BCUT2D eigenvalue weighted by Gasteiger charge is 2.13. The number of imidazole rings is 1. The molecule has 0 atom stereocenters. The number of hydrogen-bond donors (Lipinski definition) is 0. The molecule has 0 unspecified atom stereocenters. The second-order valence-electron chi connectivity index (χ2n) is 5.57. The van der Waals surface area contributed by atoms with Gasteiger partial charge in [0.25, 0.3) is 0 Å². The largest absolute Gasteiger partial charge is 0.341 e. The number of carbonyl (C=O) groups is 1. The summed E-state index contributed by atoms with van der Waals surface area (Å²) in [5.74, 6) is 0.0740. The van der Waals surface area contributed by atoms with Crippen LogP contribution >= 0.6 is 0 Å². The average Bonchev–Trinajstić information content (AvgIpc) is 2.92. The van der Waals surface area contributed by atoms with Crippen molar-refractivity contribution in [3.05, 3.63) is 71.7 Å². The van der Waals surface area contributed by atoms with Gasteiger partial charge in [0, 0.05) is 26.0 Å². The lowest BCUT2D eigenvalue weighted by atomic mass is 10.2. The molecular formula is C18H19N3O. The molecule has 0 aliphatic rings. The van der Waals surface area contributed by atoms with E-state index in [1.807, 2.05) is 73.2 Å². The van der Waals surface area contributed by atoms with Crippen LogP contribution in [0.4, 0.5) is 0 Å². The maximum absolute atomic E-state index is 12.4. The highest BCUT2D eigenvalue weighted by atomic mass is 16.2. The van der Waals surface area contributed by atoms with E-state index in [9.17, 15) is 4.79 Å². The van der Waals surface area contributed by atoms with Crippen LogP contribution < -0.4 is 0 Å². The maximum atomic E-state index is 12.4. The lowest BCUT2D eigenvalue weighted by Crippen LogP contribution is -2.27. The van der Waals surface area contributed by atoms with Crippen LogP contribution in [-0.4, -0.2) is 27.2 Å². The van der Waals surface area contributed by atoms with E-state index in [1.165, 1.54) is 0 Å². The van der Waals surface area contributed by atoms with Crippen molar-refractivity contribution < 1.29 is 4.79 Å². The molecule has 22 heavy (non-hydrogen) atoms. The van der Waals surface area contributed by atoms with Crippen LogP contribution in [0.25, 0.3) is 5.65 Å². The minimum absolute atomic E-state index is 0.0740. The first kappa shape index (κ1) is 14.3. The average molecular weight is 293 g/mol. The number of carbonyl (C=O) groups excluding carboxylic acids is 1. The Morgan fingerprint density at radius 1 is 1.18 bits per heavy atom. The molecule has 0 N–H and O–H groups in total. The third-order valence-electron chi connectivity index (χ3n) is 3.75. The Balaban J connectivity index is 1.71. The Bertz CT molecular complexity index is 792. The van der Waals surface area contributed by atoms with Crippen molar-refractivity contribution in [2.75, 3.05) is 7.05 Å². The second-order valence-corrected chi connectivity index (χ2v) is 5.57. The summed E-state index contributed by atoms with van der Waals surface area (Å²) >= 11 is 0. The third kappa shape index (κ3) is 3.01. The van der Waals surface area contributed by atoms with Gasteiger partial charge in [-0.2, -0.15) is 0 Å². The molecule has 1 aromatic carbocycles. The summed E-state index contributed by atoms with van der Waals surface area (Å²) < 4.78 is 1.97. The molecule has 1 amide bonds. The predicted octanol–water partition coefficient (Wildman–Crippen LogP) is 2.84. The summed E-state index contributed by atoms with van der Waals surface area (Å²) in [6, 6.07) is 14.0. The topological polar surface area (TPSA) is 37.6 Å². The van der Waals surface area contributed by atoms with Gasteiger partial charge in [-0.25, -0.2) is 4.98 Å². The Morgan fingerprint density at radius 3 is 2.68 bits per heavy atom. The minimum Gasteiger partial charge on any atom is -0.341 e. The van der Waals surface area contributed by atoms with E-state index in [-0.39, 0.29) is 5.91 Å². The number of benzene rings is 1. The van der Waals surface area contributed by atoms with Gasteiger partial charge in [-0.3, -0.25) is 4.79 Å². The van der Waals surface area contributed by atoms with Gasteiger partial charge >= 0.3 is 0 Å². The van der Waals surface area contributed by atoms with Crippen LogP contribution in [-0.2, 0) is 17.8 Å². The highest BCUT2D eigenvalue weighted by Crippen LogP contribution is 2.11. The highest BCUT2D eigenvalue weighted by molar-refractivity contribution is 5.78. The summed E-state index contributed by atoms with van der Waals surface area (Å²) in [6.07, 6.45) is 4.21. The molecule has 2 heterocycles. The van der Waals surface area contributed by atoms with Gasteiger partial charge in [-0.1, -0.05) is 36.4 Å². The number of amides is 1. The van der Waals surface area contributed by atoms with E-state index in [0.29, 0.717) is 13.0 Å². The molecule has 0 radical (unpaired) electrons. The summed E-state index contributed by atoms with van der Waals surface area (Å²) in [5.41, 5.74) is 3.96. The molecule has 112 valence electrons. The number of likely N-dealkylation sites (N-methyl/N-ethyl adjacent to an activating group) is 1. The number of nitrogens with zero attached hydrogens (tertiary/aromatic N) is 3. The lowest BCUT2D eigenvalue weighted by Gasteiger charge is -2.16. The van der Waals surface area contributed by atoms with E-state index < -0.39 is 0 Å². The Hall–Kier alpha value is -2.62.